The Balaban J connectivity index is 1.69. The lowest BCUT2D eigenvalue weighted by molar-refractivity contribution is -0.113. The van der Waals surface area contributed by atoms with E-state index in [2.05, 4.69) is 29.0 Å². The number of carbonyl (C=O) groups excluding carboxylic acids is 1. The second-order valence-corrected chi connectivity index (χ2v) is 9.54. The summed E-state index contributed by atoms with van der Waals surface area (Å²) in [7, 11) is 0. The fourth-order valence-electron chi connectivity index (χ4n) is 4.09. The zero-order valence-electron chi connectivity index (χ0n) is 19.2. The van der Waals surface area contributed by atoms with Crippen LogP contribution in [0.5, 0.6) is 0 Å². The quantitative estimate of drug-likeness (QED) is 0.402. The Labute approximate surface area is 199 Å². The van der Waals surface area contributed by atoms with Crippen LogP contribution in [0.3, 0.4) is 0 Å². The first-order valence-electron chi connectivity index (χ1n) is 11.5. The molecule has 1 N–H and O–H groups in total. The Hall–Kier alpha value is -1.83. The lowest BCUT2D eigenvalue weighted by atomic mass is 9.97. The highest BCUT2D eigenvalue weighted by Gasteiger charge is 2.21. The Bertz CT molecular complexity index is 1000. The van der Waals surface area contributed by atoms with Gasteiger partial charge in [0.2, 0.25) is 5.91 Å². The highest BCUT2D eigenvalue weighted by molar-refractivity contribution is 8.00. The minimum atomic E-state index is -0.196. The molecule has 1 aliphatic rings. The number of aryl methyl sites for hydroxylation is 1. The molecule has 1 amide bonds. The third-order valence-electron chi connectivity index (χ3n) is 6.00. The third kappa shape index (κ3) is 6.36. The first-order valence-corrected chi connectivity index (χ1v) is 12.8. The van der Waals surface area contributed by atoms with Gasteiger partial charge in [0, 0.05) is 28.5 Å². The lowest BCUT2D eigenvalue weighted by Gasteiger charge is -2.23. The minimum Gasteiger partial charge on any atom is -0.325 e. The highest BCUT2D eigenvalue weighted by atomic mass is 35.5. The number of benzene rings is 1. The van der Waals surface area contributed by atoms with Crippen molar-refractivity contribution < 1.29 is 4.79 Å². The lowest BCUT2D eigenvalue weighted by Crippen LogP contribution is -2.32. The standard InChI is InChI=1S/C24H33ClN4O2S/c1-4-28(5-2)13-8-14-29-21-10-7-6-9-19(21)23(27-24(29)31)32-16-22(30)26-18-12-11-17(3)20(25)15-18/h11-12,15H,4-10,13-14,16H2,1-3H3,(H,26,30). The molecule has 0 fully saturated rings. The van der Waals surface area contributed by atoms with Gasteiger partial charge in [-0.3, -0.25) is 9.36 Å². The number of anilines is 1. The molecule has 1 aromatic carbocycles. The molecule has 8 heteroatoms. The van der Waals surface area contributed by atoms with E-state index < -0.39 is 0 Å². The van der Waals surface area contributed by atoms with E-state index in [0.717, 1.165) is 68.6 Å². The van der Waals surface area contributed by atoms with Gasteiger partial charge in [-0.15, -0.1) is 0 Å². The fourth-order valence-corrected chi connectivity index (χ4v) is 5.15. The summed E-state index contributed by atoms with van der Waals surface area (Å²) >= 11 is 7.50. The summed E-state index contributed by atoms with van der Waals surface area (Å²) in [6, 6.07) is 5.46. The molecule has 0 unspecified atom stereocenters. The van der Waals surface area contributed by atoms with Gasteiger partial charge in [0.25, 0.3) is 0 Å². The molecule has 1 heterocycles. The summed E-state index contributed by atoms with van der Waals surface area (Å²) in [5.74, 6) is 0.0702. The van der Waals surface area contributed by atoms with Crippen LogP contribution in [0.2, 0.25) is 5.02 Å². The number of hydrogen-bond donors (Lipinski definition) is 1. The van der Waals surface area contributed by atoms with Crippen LogP contribution in [-0.2, 0) is 24.2 Å². The largest absolute Gasteiger partial charge is 0.348 e. The number of rotatable bonds is 10. The molecular weight excluding hydrogens is 444 g/mol. The molecule has 0 atom stereocenters. The van der Waals surface area contributed by atoms with Crippen molar-refractivity contribution in [1.82, 2.24) is 14.5 Å². The van der Waals surface area contributed by atoms with E-state index >= 15 is 0 Å². The van der Waals surface area contributed by atoms with Crippen molar-refractivity contribution in [1.29, 1.82) is 0 Å². The van der Waals surface area contributed by atoms with E-state index in [1.165, 1.54) is 11.8 Å². The molecule has 2 aromatic rings. The third-order valence-corrected chi connectivity index (χ3v) is 7.42. The van der Waals surface area contributed by atoms with Crippen LogP contribution in [0.15, 0.2) is 28.0 Å². The van der Waals surface area contributed by atoms with Crippen LogP contribution < -0.4 is 11.0 Å². The van der Waals surface area contributed by atoms with Gasteiger partial charge in [0.05, 0.1) is 5.75 Å². The minimum absolute atomic E-state index is 0.135. The maximum absolute atomic E-state index is 12.8. The number of fused-ring (bicyclic) bond motifs is 1. The van der Waals surface area contributed by atoms with E-state index in [1.54, 1.807) is 6.07 Å². The number of aromatic nitrogens is 2. The van der Waals surface area contributed by atoms with Crippen molar-refractivity contribution in [3.05, 3.63) is 50.5 Å². The molecule has 1 aliphatic carbocycles. The molecule has 32 heavy (non-hydrogen) atoms. The molecule has 1 aromatic heterocycles. The molecule has 0 saturated heterocycles. The van der Waals surface area contributed by atoms with E-state index in [0.29, 0.717) is 22.3 Å². The van der Waals surface area contributed by atoms with Gasteiger partial charge in [0.15, 0.2) is 0 Å². The van der Waals surface area contributed by atoms with Gasteiger partial charge in [-0.05, 0) is 76.4 Å². The van der Waals surface area contributed by atoms with E-state index in [-0.39, 0.29) is 17.3 Å². The normalized spacial score (nSPS) is 13.3. The Morgan fingerprint density at radius 2 is 2.00 bits per heavy atom. The molecule has 0 radical (unpaired) electrons. The van der Waals surface area contributed by atoms with Gasteiger partial charge in [0.1, 0.15) is 5.03 Å². The molecule has 0 bridgehead atoms. The summed E-state index contributed by atoms with van der Waals surface area (Å²) < 4.78 is 1.87. The van der Waals surface area contributed by atoms with Gasteiger partial charge in [-0.25, -0.2) is 4.79 Å². The first-order chi connectivity index (χ1) is 15.4. The monoisotopic (exact) mass is 476 g/mol. The predicted octanol–water partition coefficient (Wildman–Crippen LogP) is 4.55. The number of amides is 1. The van der Waals surface area contributed by atoms with Crippen LogP contribution in [0.4, 0.5) is 5.69 Å². The van der Waals surface area contributed by atoms with E-state index in [1.807, 2.05) is 23.6 Å². The maximum atomic E-state index is 12.8. The maximum Gasteiger partial charge on any atom is 0.348 e. The van der Waals surface area contributed by atoms with Crippen molar-refractivity contribution >= 4 is 35.0 Å². The number of nitrogens with zero attached hydrogens (tertiary/aromatic N) is 3. The molecular formula is C24H33ClN4O2S. The molecule has 3 rings (SSSR count). The molecule has 174 valence electrons. The predicted molar refractivity (Wildman–Crippen MR) is 133 cm³/mol. The molecule has 0 spiro atoms. The average molecular weight is 477 g/mol. The van der Waals surface area contributed by atoms with Gasteiger partial charge < -0.3 is 10.2 Å². The van der Waals surface area contributed by atoms with Crippen LogP contribution in [-0.4, -0.2) is 45.7 Å². The Kier molecular flexibility index (Phi) is 9.20. The van der Waals surface area contributed by atoms with Gasteiger partial charge in [-0.1, -0.05) is 43.3 Å². The fraction of sp³-hybridized carbons (Fsp3) is 0.542. The second kappa shape index (κ2) is 11.9. The van der Waals surface area contributed by atoms with Crippen LogP contribution in [0, 0.1) is 6.92 Å². The smallest absolute Gasteiger partial charge is 0.325 e. The van der Waals surface area contributed by atoms with Crippen molar-refractivity contribution in [2.24, 2.45) is 0 Å². The Morgan fingerprint density at radius 3 is 2.72 bits per heavy atom. The molecule has 0 saturated carbocycles. The molecule has 0 aliphatic heterocycles. The SMILES string of the molecule is CCN(CC)CCCn1c2c(c(SCC(=O)Nc3ccc(C)c(Cl)c3)nc1=O)CCCC2. The summed E-state index contributed by atoms with van der Waals surface area (Å²) in [5, 5.41) is 4.21. The summed E-state index contributed by atoms with van der Waals surface area (Å²) in [5.41, 5.74) is 3.70. The van der Waals surface area contributed by atoms with Crippen LogP contribution in [0.25, 0.3) is 0 Å². The number of hydrogen-bond acceptors (Lipinski definition) is 5. The topological polar surface area (TPSA) is 67.2 Å². The van der Waals surface area contributed by atoms with Crippen molar-refractivity contribution in [3.63, 3.8) is 0 Å². The number of carbonyl (C=O) groups is 1. The second-order valence-electron chi connectivity index (χ2n) is 8.16. The summed E-state index contributed by atoms with van der Waals surface area (Å²) in [6.07, 6.45) is 4.93. The summed E-state index contributed by atoms with van der Waals surface area (Å²) in [6.45, 7) is 9.97. The van der Waals surface area contributed by atoms with Crippen molar-refractivity contribution in [2.75, 3.05) is 30.7 Å². The van der Waals surface area contributed by atoms with Crippen LogP contribution >= 0.6 is 23.4 Å². The number of nitrogens with one attached hydrogen (secondary N) is 1. The van der Waals surface area contributed by atoms with Gasteiger partial charge >= 0.3 is 5.69 Å². The Morgan fingerprint density at radius 1 is 1.25 bits per heavy atom. The van der Waals surface area contributed by atoms with Crippen molar-refractivity contribution in [2.45, 2.75) is 64.4 Å². The van der Waals surface area contributed by atoms with E-state index in [4.69, 9.17) is 11.6 Å². The number of halogens is 1. The zero-order valence-corrected chi connectivity index (χ0v) is 20.8. The highest BCUT2D eigenvalue weighted by Crippen LogP contribution is 2.29. The van der Waals surface area contributed by atoms with Crippen molar-refractivity contribution in [3.8, 4) is 0 Å². The average Bonchev–Trinajstić information content (AvgIpc) is 2.79. The van der Waals surface area contributed by atoms with Crippen LogP contribution in [0.1, 0.15) is 49.9 Å². The zero-order chi connectivity index (χ0) is 23.1. The van der Waals surface area contributed by atoms with Gasteiger partial charge in [-0.2, -0.15) is 4.98 Å². The first kappa shape index (κ1) is 24.8. The summed E-state index contributed by atoms with van der Waals surface area (Å²) in [4.78, 5) is 32.1. The molecule has 6 nitrogen and oxygen atoms in total. The van der Waals surface area contributed by atoms with E-state index in [9.17, 15) is 9.59 Å². The number of thioether (sulfide) groups is 1.